The summed E-state index contributed by atoms with van der Waals surface area (Å²) in [5, 5.41) is 0. The van der Waals surface area contributed by atoms with Crippen LogP contribution in [0.4, 0.5) is 13.2 Å². The number of carbonyl (C=O) groups excluding carboxylic acids is 1. The average molecular weight is 436 g/mol. The van der Waals surface area contributed by atoms with Crippen molar-refractivity contribution in [2.45, 2.75) is 70.3 Å². The fourth-order valence-electron chi connectivity index (χ4n) is 6.97. The number of rotatable bonds is 2. The molecule has 3 aliphatic carbocycles. The van der Waals surface area contributed by atoms with Crippen LogP contribution in [0.2, 0.25) is 0 Å². The van der Waals surface area contributed by atoms with E-state index >= 15 is 0 Å². The molecular weight excluding hydrogens is 407 g/mol. The van der Waals surface area contributed by atoms with Crippen molar-refractivity contribution >= 4 is 16.0 Å². The summed E-state index contributed by atoms with van der Waals surface area (Å²) >= 11 is 0. The lowest BCUT2D eigenvalue weighted by Gasteiger charge is -2.61. The van der Waals surface area contributed by atoms with Crippen LogP contribution in [0, 0.1) is 28.6 Å². The Morgan fingerprint density at radius 3 is 2.48 bits per heavy atom. The molecule has 9 heteroatoms. The number of piperidine rings is 1. The van der Waals surface area contributed by atoms with Gasteiger partial charge >= 0.3 is 15.6 Å². The number of carbonyl (C=O) groups is 1. The number of fused-ring (bicyclic) bond motifs is 5. The number of hydrogen-bond acceptors (Lipinski definition) is 4. The van der Waals surface area contributed by atoms with E-state index in [4.69, 9.17) is 0 Å². The minimum atomic E-state index is -5.66. The predicted octanol–water partition coefficient (Wildman–Crippen LogP) is 4.21. The van der Waals surface area contributed by atoms with Gasteiger partial charge in [0.2, 0.25) is 5.91 Å². The molecule has 0 aromatic heterocycles. The van der Waals surface area contributed by atoms with Crippen LogP contribution in [0.5, 0.6) is 0 Å². The quantitative estimate of drug-likeness (QED) is 0.482. The molecule has 0 spiro atoms. The summed E-state index contributed by atoms with van der Waals surface area (Å²) in [6.07, 6.45) is 6.64. The summed E-state index contributed by atoms with van der Waals surface area (Å²) in [4.78, 5) is 14.1. The van der Waals surface area contributed by atoms with Crippen LogP contribution in [0.1, 0.15) is 58.8 Å². The van der Waals surface area contributed by atoms with Crippen molar-refractivity contribution in [1.82, 2.24) is 4.90 Å². The maximum Gasteiger partial charge on any atom is 0.534 e. The van der Waals surface area contributed by atoms with E-state index in [0.717, 1.165) is 25.7 Å². The number of allylic oxidation sites excluding steroid dienone is 2. The molecule has 0 bridgehead atoms. The Morgan fingerprint density at radius 1 is 1.14 bits per heavy atom. The minimum Gasteiger partial charge on any atom is -0.380 e. The molecule has 0 aromatic rings. The third kappa shape index (κ3) is 2.93. The smallest absolute Gasteiger partial charge is 0.380 e. The molecular formula is C20H28F3NO4S. The molecule has 1 heterocycles. The number of halogens is 3. The highest BCUT2D eigenvalue weighted by Crippen LogP contribution is 2.65. The number of alkyl halides is 3. The average Bonchev–Trinajstić information content (AvgIpc) is 2.94. The highest BCUT2D eigenvalue weighted by molar-refractivity contribution is 7.87. The topological polar surface area (TPSA) is 63.7 Å². The summed E-state index contributed by atoms with van der Waals surface area (Å²) in [7, 11) is -3.78. The summed E-state index contributed by atoms with van der Waals surface area (Å²) in [6.45, 7) is 4.11. The standard InChI is InChI=1S/C20H28F3NO4S/c1-18-11-9-17(25)24(3)15(18)6-4-12-13-5-7-16(19(13,2)10-8-14(12)18)28-29(26,27)20(21,22)23/h7,12-15H,4-6,8-11H2,1-3H3. The van der Waals surface area contributed by atoms with Gasteiger partial charge in [-0.05, 0) is 67.8 Å². The maximum absolute atomic E-state index is 12.8. The zero-order chi connectivity index (χ0) is 21.4. The summed E-state index contributed by atoms with van der Waals surface area (Å²) < 4.78 is 66.3. The van der Waals surface area contributed by atoms with Crippen molar-refractivity contribution in [3.8, 4) is 0 Å². The Labute approximate surface area is 169 Å². The molecule has 0 radical (unpaired) electrons. The number of hydrogen-bond donors (Lipinski definition) is 0. The summed E-state index contributed by atoms with van der Waals surface area (Å²) in [5.74, 6) is 0.883. The van der Waals surface area contributed by atoms with Gasteiger partial charge in [-0.2, -0.15) is 21.6 Å². The van der Waals surface area contributed by atoms with Gasteiger partial charge in [-0.25, -0.2) is 0 Å². The van der Waals surface area contributed by atoms with Crippen molar-refractivity contribution in [3.05, 3.63) is 11.8 Å². The second kappa shape index (κ2) is 6.37. The largest absolute Gasteiger partial charge is 0.534 e. The first-order chi connectivity index (χ1) is 13.3. The minimum absolute atomic E-state index is 0.00539. The Hall–Kier alpha value is -1.25. The van der Waals surface area contributed by atoms with Gasteiger partial charge in [-0.15, -0.1) is 0 Å². The van der Waals surface area contributed by atoms with Crippen LogP contribution in [-0.2, 0) is 19.1 Å². The van der Waals surface area contributed by atoms with Crippen molar-refractivity contribution in [1.29, 1.82) is 0 Å². The van der Waals surface area contributed by atoms with E-state index in [1.807, 2.05) is 18.9 Å². The number of likely N-dealkylation sites (tertiary alicyclic amines) is 1. The maximum atomic E-state index is 12.8. The third-order valence-corrected chi connectivity index (χ3v) is 9.52. The van der Waals surface area contributed by atoms with E-state index in [0.29, 0.717) is 31.1 Å². The third-order valence-electron chi connectivity index (χ3n) is 8.55. The van der Waals surface area contributed by atoms with Crippen LogP contribution in [0.3, 0.4) is 0 Å². The molecule has 6 unspecified atom stereocenters. The van der Waals surface area contributed by atoms with Gasteiger partial charge in [-0.3, -0.25) is 4.79 Å². The molecule has 0 N–H and O–H groups in total. The lowest BCUT2D eigenvalue weighted by atomic mass is 9.47. The van der Waals surface area contributed by atoms with Crippen molar-refractivity contribution < 1.29 is 30.6 Å². The van der Waals surface area contributed by atoms with Gasteiger partial charge in [0.15, 0.2) is 0 Å². The molecule has 0 aromatic carbocycles. The molecule has 1 aliphatic heterocycles. The molecule has 4 rings (SSSR count). The second-order valence-corrected chi connectivity index (χ2v) is 11.3. The van der Waals surface area contributed by atoms with E-state index in [1.165, 1.54) is 0 Å². The molecule has 1 saturated heterocycles. The second-order valence-electron chi connectivity index (χ2n) is 9.72. The van der Waals surface area contributed by atoms with Gasteiger partial charge in [0.1, 0.15) is 5.76 Å². The molecule has 2 saturated carbocycles. The van der Waals surface area contributed by atoms with Gasteiger partial charge < -0.3 is 9.08 Å². The van der Waals surface area contributed by atoms with Crippen LogP contribution in [0.25, 0.3) is 0 Å². The SMILES string of the molecule is CN1C(=O)CCC2(C)C3CCC4(C)C(OS(=O)(=O)C(F)(F)F)=CCC4C3CCC12. The molecule has 1 amide bonds. The molecule has 164 valence electrons. The highest BCUT2D eigenvalue weighted by Gasteiger charge is 2.61. The van der Waals surface area contributed by atoms with Gasteiger partial charge in [-0.1, -0.05) is 13.8 Å². The van der Waals surface area contributed by atoms with Crippen LogP contribution < -0.4 is 0 Å². The monoisotopic (exact) mass is 435 g/mol. The van der Waals surface area contributed by atoms with E-state index in [2.05, 4.69) is 11.1 Å². The van der Waals surface area contributed by atoms with Gasteiger partial charge in [0, 0.05) is 24.9 Å². The molecule has 29 heavy (non-hydrogen) atoms. The Morgan fingerprint density at radius 2 is 1.83 bits per heavy atom. The molecule has 3 fully saturated rings. The number of nitrogens with zero attached hydrogens (tertiary/aromatic N) is 1. The van der Waals surface area contributed by atoms with Crippen LogP contribution >= 0.6 is 0 Å². The Kier molecular flexibility index (Phi) is 4.62. The summed E-state index contributed by atoms with van der Waals surface area (Å²) in [6, 6.07) is 0.199. The zero-order valence-corrected chi connectivity index (χ0v) is 17.8. The summed E-state index contributed by atoms with van der Waals surface area (Å²) in [5.41, 5.74) is -6.13. The molecule has 5 nitrogen and oxygen atoms in total. The molecule has 6 atom stereocenters. The van der Waals surface area contributed by atoms with Gasteiger partial charge in [0.25, 0.3) is 0 Å². The fraction of sp³-hybridized carbons (Fsp3) is 0.850. The Bertz CT molecular complexity index is 854. The Balaban J connectivity index is 1.59. The van der Waals surface area contributed by atoms with E-state index in [1.54, 1.807) is 6.08 Å². The zero-order valence-electron chi connectivity index (χ0n) is 17.0. The lowest BCUT2D eigenvalue weighted by molar-refractivity contribution is -0.156. The number of amides is 1. The van der Waals surface area contributed by atoms with E-state index in [-0.39, 0.29) is 29.0 Å². The van der Waals surface area contributed by atoms with Gasteiger partial charge in [0.05, 0.1) is 0 Å². The first kappa shape index (κ1) is 21.0. The predicted molar refractivity (Wildman–Crippen MR) is 99.7 cm³/mol. The van der Waals surface area contributed by atoms with Crippen LogP contribution in [-0.4, -0.2) is 37.8 Å². The lowest BCUT2D eigenvalue weighted by Crippen LogP contribution is -2.61. The first-order valence-corrected chi connectivity index (χ1v) is 11.7. The van der Waals surface area contributed by atoms with Crippen molar-refractivity contribution in [2.75, 3.05) is 7.05 Å². The van der Waals surface area contributed by atoms with Crippen molar-refractivity contribution in [3.63, 3.8) is 0 Å². The first-order valence-electron chi connectivity index (χ1n) is 10.3. The molecule has 4 aliphatic rings. The normalized spacial score (nSPS) is 42.6. The van der Waals surface area contributed by atoms with Crippen molar-refractivity contribution in [2.24, 2.45) is 28.6 Å². The van der Waals surface area contributed by atoms with E-state index < -0.39 is 21.0 Å². The highest BCUT2D eigenvalue weighted by atomic mass is 32.2. The fourth-order valence-corrected chi connectivity index (χ4v) is 7.56. The van der Waals surface area contributed by atoms with E-state index in [9.17, 15) is 26.4 Å². The van der Waals surface area contributed by atoms with Crippen LogP contribution in [0.15, 0.2) is 11.8 Å².